The van der Waals surface area contributed by atoms with Gasteiger partial charge in [-0.3, -0.25) is 5.01 Å². The summed E-state index contributed by atoms with van der Waals surface area (Å²) in [4.78, 5) is 0. The zero-order chi connectivity index (χ0) is 15.5. The molecule has 0 spiro atoms. The Labute approximate surface area is 136 Å². The van der Waals surface area contributed by atoms with Crippen LogP contribution in [0.5, 0.6) is 0 Å². The van der Waals surface area contributed by atoms with E-state index in [4.69, 9.17) is 5.10 Å². The fourth-order valence-corrected chi connectivity index (χ4v) is 2.93. The molecule has 4 rings (SSSR count). The van der Waals surface area contributed by atoms with Gasteiger partial charge in [0.1, 0.15) is 0 Å². The van der Waals surface area contributed by atoms with E-state index in [1.807, 2.05) is 12.1 Å². The second-order valence-electron chi connectivity index (χ2n) is 5.70. The molecule has 0 saturated heterocycles. The number of para-hydroxylation sites is 1. The van der Waals surface area contributed by atoms with Crippen molar-refractivity contribution in [2.75, 3.05) is 11.6 Å². The van der Waals surface area contributed by atoms with Crippen LogP contribution in [0.15, 0.2) is 90.0 Å². The van der Waals surface area contributed by atoms with Gasteiger partial charge in [0.15, 0.2) is 0 Å². The summed E-state index contributed by atoms with van der Waals surface area (Å²) in [5.41, 5.74) is 6.02. The highest BCUT2D eigenvalue weighted by molar-refractivity contribution is 6.03. The number of hydrazone groups is 1. The number of hydrogen-bond donors (Lipinski definition) is 0. The maximum atomic E-state index is 4.78. The van der Waals surface area contributed by atoms with Crippen LogP contribution >= 0.6 is 0 Å². The first kappa shape index (κ1) is 13.8. The fraction of sp³-hybridized carbons (Fsp3) is 0.0952. The molecule has 1 heterocycles. The lowest BCUT2D eigenvalue weighted by molar-refractivity contribution is 0.922. The Morgan fingerprint density at radius 3 is 1.87 bits per heavy atom. The van der Waals surface area contributed by atoms with Gasteiger partial charge in [0, 0.05) is 13.0 Å². The van der Waals surface area contributed by atoms with E-state index in [2.05, 4.69) is 77.8 Å². The summed E-state index contributed by atoms with van der Waals surface area (Å²) in [7, 11) is 0. The Morgan fingerprint density at radius 1 is 0.609 bits per heavy atom. The molecule has 112 valence electrons. The number of rotatable bonds is 3. The summed E-state index contributed by atoms with van der Waals surface area (Å²) in [6.07, 6.45) is 0.986. The molecule has 3 aromatic rings. The Kier molecular flexibility index (Phi) is 3.65. The predicted molar refractivity (Wildman–Crippen MR) is 96.8 cm³/mol. The molecule has 1 aliphatic rings. The van der Waals surface area contributed by atoms with Crippen LogP contribution in [0.1, 0.15) is 12.0 Å². The summed E-state index contributed by atoms with van der Waals surface area (Å²) >= 11 is 0. The zero-order valence-corrected chi connectivity index (χ0v) is 12.9. The largest absolute Gasteiger partial charge is 0.265 e. The first-order valence-electron chi connectivity index (χ1n) is 7.96. The second-order valence-corrected chi connectivity index (χ2v) is 5.70. The van der Waals surface area contributed by atoms with Crippen LogP contribution in [0.25, 0.3) is 11.1 Å². The molecule has 0 fully saturated rings. The van der Waals surface area contributed by atoms with E-state index < -0.39 is 0 Å². The molecule has 23 heavy (non-hydrogen) atoms. The number of anilines is 1. The minimum atomic E-state index is 0.944. The lowest BCUT2D eigenvalue weighted by atomic mass is 10.0. The predicted octanol–water partition coefficient (Wildman–Crippen LogP) is 4.97. The molecule has 2 nitrogen and oxygen atoms in total. The van der Waals surface area contributed by atoms with Gasteiger partial charge in [-0.05, 0) is 28.8 Å². The van der Waals surface area contributed by atoms with Crippen molar-refractivity contribution in [3.8, 4) is 11.1 Å². The van der Waals surface area contributed by atoms with Gasteiger partial charge in [-0.15, -0.1) is 0 Å². The standard InChI is InChI=1S/C21H18N2/c1-3-7-17(8-4-1)18-11-13-19(14-12-18)21-15-16-23(22-21)20-9-5-2-6-10-20/h1-14H,15-16H2. The molecule has 3 aromatic carbocycles. The first-order chi connectivity index (χ1) is 11.4. The highest BCUT2D eigenvalue weighted by Crippen LogP contribution is 2.23. The minimum absolute atomic E-state index is 0.944. The lowest BCUT2D eigenvalue weighted by Gasteiger charge is -2.12. The monoisotopic (exact) mass is 298 g/mol. The van der Waals surface area contributed by atoms with Gasteiger partial charge in [-0.1, -0.05) is 72.8 Å². The fourth-order valence-electron chi connectivity index (χ4n) is 2.93. The van der Waals surface area contributed by atoms with E-state index in [0.29, 0.717) is 0 Å². The van der Waals surface area contributed by atoms with Crippen molar-refractivity contribution >= 4 is 11.4 Å². The highest BCUT2D eigenvalue weighted by atomic mass is 15.5. The van der Waals surface area contributed by atoms with Crippen molar-refractivity contribution in [1.82, 2.24) is 0 Å². The Morgan fingerprint density at radius 2 is 1.17 bits per heavy atom. The minimum Gasteiger partial charge on any atom is -0.265 e. The van der Waals surface area contributed by atoms with Crippen LogP contribution < -0.4 is 5.01 Å². The molecule has 0 atom stereocenters. The van der Waals surface area contributed by atoms with Crippen molar-refractivity contribution in [2.24, 2.45) is 5.10 Å². The maximum Gasteiger partial charge on any atom is 0.0700 e. The van der Waals surface area contributed by atoms with E-state index in [9.17, 15) is 0 Å². The molecular formula is C21H18N2. The summed E-state index contributed by atoms with van der Waals surface area (Å²) in [5, 5.41) is 6.86. The van der Waals surface area contributed by atoms with Crippen LogP contribution in [0, 0.1) is 0 Å². The third-order valence-electron chi connectivity index (χ3n) is 4.18. The summed E-state index contributed by atoms with van der Waals surface area (Å²) in [5.74, 6) is 0. The highest BCUT2D eigenvalue weighted by Gasteiger charge is 2.17. The first-order valence-corrected chi connectivity index (χ1v) is 7.96. The average molecular weight is 298 g/mol. The van der Waals surface area contributed by atoms with Crippen LogP contribution in [-0.4, -0.2) is 12.3 Å². The van der Waals surface area contributed by atoms with Gasteiger partial charge >= 0.3 is 0 Å². The second kappa shape index (κ2) is 6.09. The van der Waals surface area contributed by atoms with Crippen LogP contribution in [0.3, 0.4) is 0 Å². The Bertz CT molecular complexity index is 805. The summed E-state index contributed by atoms with van der Waals surface area (Å²) < 4.78 is 0. The average Bonchev–Trinajstić information content (AvgIpc) is 3.14. The van der Waals surface area contributed by atoms with Crippen molar-refractivity contribution in [3.63, 3.8) is 0 Å². The molecule has 0 bridgehead atoms. The topological polar surface area (TPSA) is 15.6 Å². The van der Waals surface area contributed by atoms with E-state index in [0.717, 1.165) is 24.4 Å². The third kappa shape index (κ3) is 2.88. The summed E-state index contributed by atoms with van der Waals surface area (Å²) in [6, 6.07) is 29.5. The smallest absolute Gasteiger partial charge is 0.0700 e. The summed E-state index contributed by atoms with van der Waals surface area (Å²) in [6.45, 7) is 0.944. The molecule has 1 aliphatic heterocycles. The number of nitrogens with zero attached hydrogens (tertiary/aromatic N) is 2. The van der Waals surface area contributed by atoms with Crippen LogP contribution in [-0.2, 0) is 0 Å². The molecular weight excluding hydrogens is 280 g/mol. The zero-order valence-electron chi connectivity index (χ0n) is 12.9. The van der Waals surface area contributed by atoms with Crippen LogP contribution in [0.4, 0.5) is 5.69 Å². The molecule has 0 saturated carbocycles. The Balaban J connectivity index is 1.57. The molecule has 0 N–H and O–H groups in total. The van der Waals surface area contributed by atoms with Gasteiger partial charge in [0.2, 0.25) is 0 Å². The van der Waals surface area contributed by atoms with E-state index >= 15 is 0 Å². The SMILES string of the molecule is c1ccc(-c2ccc(C3=NN(c4ccccc4)CC3)cc2)cc1. The van der Waals surface area contributed by atoms with E-state index in [1.165, 1.54) is 16.7 Å². The number of hydrogen-bond acceptors (Lipinski definition) is 2. The van der Waals surface area contributed by atoms with Crippen LogP contribution in [0.2, 0.25) is 0 Å². The molecule has 0 aromatic heterocycles. The van der Waals surface area contributed by atoms with Crippen molar-refractivity contribution < 1.29 is 0 Å². The van der Waals surface area contributed by atoms with Gasteiger partial charge < -0.3 is 0 Å². The quantitative estimate of drug-likeness (QED) is 0.666. The van der Waals surface area contributed by atoms with Gasteiger partial charge in [-0.25, -0.2) is 0 Å². The third-order valence-corrected chi connectivity index (χ3v) is 4.18. The maximum absolute atomic E-state index is 4.78. The molecule has 0 radical (unpaired) electrons. The van der Waals surface area contributed by atoms with Crippen molar-refractivity contribution in [1.29, 1.82) is 0 Å². The van der Waals surface area contributed by atoms with E-state index in [-0.39, 0.29) is 0 Å². The number of benzene rings is 3. The molecule has 0 amide bonds. The van der Waals surface area contributed by atoms with Gasteiger partial charge in [0.25, 0.3) is 0 Å². The van der Waals surface area contributed by atoms with Gasteiger partial charge in [-0.2, -0.15) is 5.10 Å². The van der Waals surface area contributed by atoms with Crippen molar-refractivity contribution in [3.05, 3.63) is 90.5 Å². The molecule has 0 aliphatic carbocycles. The normalized spacial score (nSPS) is 13.9. The Hall–Kier alpha value is -2.87. The lowest BCUT2D eigenvalue weighted by Crippen LogP contribution is -2.11. The molecule has 0 unspecified atom stereocenters. The van der Waals surface area contributed by atoms with E-state index in [1.54, 1.807) is 0 Å². The van der Waals surface area contributed by atoms with Crippen molar-refractivity contribution in [2.45, 2.75) is 6.42 Å². The van der Waals surface area contributed by atoms with Gasteiger partial charge in [0.05, 0.1) is 11.4 Å². The molecule has 2 heteroatoms.